The van der Waals surface area contributed by atoms with Crippen molar-refractivity contribution in [3.8, 4) is 5.75 Å². The van der Waals surface area contributed by atoms with Crippen LogP contribution < -0.4 is 10.1 Å². The summed E-state index contributed by atoms with van der Waals surface area (Å²) < 4.78 is 43.5. The lowest BCUT2D eigenvalue weighted by Crippen LogP contribution is -2.12. The van der Waals surface area contributed by atoms with Crippen LogP contribution in [0.15, 0.2) is 48.5 Å². The topological polar surface area (TPSA) is 21.3 Å². The van der Waals surface area contributed by atoms with E-state index in [0.717, 1.165) is 6.07 Å². The van der Waals surface area contributed by atoms with Gasteiger partial charge in [-0.05, 0) is 30.3 Å². The van der Waals surface area contributed by atoms with Gasteiger partial charge in [-0.15, -0.1) is 0 Å². The van der Waals surface area contributed by atoms with Gasteiger partial charge >= 0.3 is 6.18 Å². The predicted octanol–water partition coefficient (Wildman–Crippen LogP) is 4.85. The molecule has 0 spiro atoms. The minimum absolute atomic E-state index is 0.311. The summed E-state index contributed by atoms with van der Waals surface area (Å²) in [4.78, 5) is 0. The molecule has 0 aromatic heterocycles. The highest BCUT2D eigenvalue weighted by Crippen LogP contribution is 2.36. The summed E-state index contributed by atoms with van der Waals surface area (Å²) in [7, 11) is 0. The van der Waals surface area contributed by atoms with Gasteiger partial charge in [-0.3, -0.25) is 0 Å². The average molecular weight is 316 g/mol. The van der Waals surface area contributed by atoms with Crippen molar-refractivity contribution in [1.29, 1.82) is 0 Å². The minimum Gasteiger partial charge on any atom is -0.492 e. The summed E-state index contributed by atoms with van der Waals surface area (Å²) in [6.45, 7) is 0.724. The number of rotatable bonds is 5. The Labute approximate surface area is 125 Å². The first kappa shape index (κ1) is 15.5. The Hall–Kier alpha value is -1.88. The number of halogens is 4. The molecule has 0 aliphatic heterocycles. The van der Waals surface area contributed by atoms with Crippen LogP contribution >= 0.6 is 11.6 Å². The molecule has 0 fully saturated rings. The number of para-hydroxylation sites is 1. The van der Waals surface area contributed by atoms with E-state index in [9.17, 15) is 13.2 Å². The third kappa shape index (κ3) is 4.56. The van der Waals surface area contributed by atoms with E-state index in [1.54, 1.807) is 0 Å². The van der Waals surface area contributed by atoms with E-state index >= 15 is 0 Å². The van der Waals surface area contributed by atoms with E-state index in [2.05, 4.69) is 5.32 Å². The molecule has 0 unspecified atom stereocenters. The van der Waals surface area contributed by atoms with Gasteiger partial charge < -0.3 is 10.1 Å². The van der Waals surface area contributed by atoms with E-state index in [1.165, 1.54) is 12.1 Å². The van der Waals surface area contributed by atoms with Crippen molar-refractivity contribution in [3.63, 3.8) is 0 Å². The predicted molar refractivity (Wildman–Crippen MR) is 76.9 cm³/mol. The SMILES string of the molecule is FC(F)(F)c1cc(NCCOc2ccccc2)ccc1Cl. The van der Waals surface area contributed by atoms with Gasteiger partial charge in [-0.25, -0.2) is 0 Å². The third-order valence-corrected chi connectivity index (χ3v) is 3.04. The maximum Gasteiger partial charge on any atom is 0.417 e. The van der Waals surface area contributed by atoms with E-state index in [-0.39, 0.29) is 5.02 Å². The van der Waals surface area contributed by atoms with Crippen LogP contribution in [0, 0.1) is 0 Å². The summed E-state index contributed by atoms with van der Waals surface area (Å²) in [5.74, 6) is 0.714. The Kier molecular flexibility index (Phi) is 4.96. The number of ether oxygens (including phenoxy) is 1. The highest BCUT2D eigenvalue weighted by Gasteiger charge is 2.33. The van der Waals surface area contributed by atoms with Gasteiger partial charge in [0.1, 0.15) is 12.4 Å². The summed E-state index contributed by atoms with van der Waals surface area (Å²) in [5, 5.41) is 2.56. The zero-order valence-corrected chi connectivity index (χ0v) is 11.7. The minimum atomic E-state index is -4.46. The average Bonchev–Trinajstić information content (AvgIpc) is 2.45. The van der Waals surface area contributed by atoms with Crippen molar-refractivity contribution in [2.45, 2.75) is 6.18 Å². The molecule has 21 heavy (non-hydrogen) atoms. The maximum atomic E-state index is 12.7. The van der Waals surface area contributed by atoms with Crippen molar-refractivity contribution < 1.29 is 17.9 Å². The summed E-state index contributed by atoms with van der Waals surface area (Å²) in [5.41, 5.74) is -0.499. The number of nitrogens with one attached hydrogen (secondary N) is 1. The van der Waals surface area contributed by atoms with Gasteiger partial charge in [0.05, 0.1) is 10.6 Å². The summed E-state index contributed by atoms with van der Waals surface area (Å²) >= 11 is 5.55. The third-order valence-electron chi connectivity index (χ3n) is 2.71. The second kappa shape index (κ2) is 6.72. The second-order valence-electron chi connectivity index (χ2n) is 4.28. The summed E-state index contributed by atoms with van der Waals surface area (Å²) in [6, 6.07) is 12.9. The molecular formula is C15H13ClF3NO. The number of hydrogen-bond donors (Lipinski definition) is 1. The molecule has 2 aromatic carbocycles. The number of anilines is 1. The highest BCUT2D eigenvalue weighted by atomic mass is 35.5. The Morgan fingerprint density at radius 3 is 2.43 bits per heavy atom. The van der Waals surface area contributed by atoms with Crippen molar-refractivity contribution in [1.82, 2.24) is 0 Å². The first-order chi connectivity index (χ1) is 9.97. The quantitative estimate of drug-likeness (QED) is 0.796. The number of benzene rings is 2. The second-order valence-corrected chi connectivity index (χ2v) is 4.69. The van der Waals surface area contributed by atoms with E-state index in [0.29, 0.717) is 24.6 Å². The van der Waals surface area contributed by atoms with Gasteiger partial charge in [-0.2, -0.15) is 13.2 Å². The lowest BCUT2D eigenvalue weighted by Gasteiger charge is -2.12. The molecule has 0 bridgehead atoms. The molecule has 0 heterocycles. The molecule has 6 heteroatoms. The monoisotopic (exact) mass is 315 g/mol. The zero-order valence-electron chi connectivity index (χ0n) is 11.0. The van der Waals surface area contributed by atoms with Crippen molar-refractivity contribution in [2.24, 2.45) is 0 Å². The molecule has 0 saturated heterocycles. The first-order valence-electron chi connectivity index (χ1n) is 6.25. The smallest absolute Gasteiger partial charge is 0.417 e. The van der Waals surface area contributed by atoms with Crippen LogP contribution in [0.5, 0.6) is 5.75 Å². The fraction of sp³-hybridized carbons (Fsp3) is 0.200. The van der Waals surface area contributed by atoms with E-state index < -0.39 is 11.7 Å². The maximum absolute atomic E-state index is 12.7. The Bertz CT molecular complexity index is 587. The molecule has 0 atom stereocenters. The first-order valence-corrected chi connectivity index (χ1v) is 6.63. The van der Waals surface area contributed by atoms with Crippen molar-refractivity contribution in [2.75, 3.05) is 18.5 Å². The normalized spacial score (nSPS) is 11.2. The van der Waals surface area contributed by atoms with Crippen LogP contribution in [-0.4, -0.2) is 13.2 Å². The van der Waals surface area contributed by atoms with E-state index in [1.807, 2.05) is 30.3 Å². The molecule has 0 radical (unpaired) electrons. The molecule has 0 aliphatic rings. The molecule has 0 amide bonds. The molecule has 1 N–H and O–H groups in total. The van der Waals surface area contributed by atoms with Crippen LogP contribution in [0.2, 0.25) is 5.02 Å². The van der Waals surface area contributed by atoms with Crippen LogP contribution in [0.25, 0.3) is 0 Å². The van der Waals surface area contributed by atoms with Crippen molar-refractivity contribution >= 4 is 17.3 Å². The molecule has 2 nitrogen and oxygen atoms in total. The number of alkyl halides is 3. The fourth-order valence-corrected chi connectivity index (χ4v) is 1.96. The molecule has 112 valence electrons. The number of hydrogen-bond acceptors (Lipinski definition) is 2. The van der Waals surface area contributed by atoms with Crippen LogP contribution in [-0.2, 0) is 6.18 Å². The molecule has 2 rings (SSSR count). The molecular weight excluding hydrogens is 303 g/mol. The Morgan fingerprint density at radius 1 is 1.05 bits per heavy atom. The largest absolute Gasteiger partial charge is 0.492 e. The Morgan fingerprint density at radius 2 is 1.76 bits per heavy atom. The summed E-state index contributed by atoms with van der Waals surface area (Å²) in [6.07, 6.45) is -4.46. The Balaban J connectivity index is 1.89. The van der Waals surface area contributed by atoms with E-state index in [4.69, 9.17) is 16.3 Å². The van der Waals surface area contributed by atoms with Crippen LogP contribution in [0.1, 0.15) is 5.56 Å². The lowest BCUT2D eigenvalue weighted by molar-refractivity contribution is -0.137. The van der Waals surface area contributed by atoms with Gasteiger partial charge in [-0.1, -0.05) is 29.8 Å². The lowest BCUT2D eigenvalue weighted by atomic mass is 10.2. The van der Waals surface area contributed by atoms with Crippen molar-refractivity contribution in [3.05, 3.63) is 59.1 Å². The van der Waals surface area contributed by atoms with Crippen LogP contribution in [0.3, 0.4) is 0 Å². The highest BCUT2D eigenvalue weighted by molar-refractivity contribution is 6.31. The molecule has 2 aromatic rings. The standard InChI is InChI=1S/C15H13ClF3NO/c16-14-7-6-11(10-13(14)15(17,18)19)20-8-9-21-12-4-2-1-3-5-12/h1-7,10,20H,8-9H2. The van der Waals surface area contributed by atoms with Gasteiger partial charge in [0.15, 0.2) is 0 Å². The molecule has 0 saturated carbocycles. The fourth-order valence-electron chi connectivity index (χ4n) is 1.73. The van der Waals surface area contributed by atoms with Gasteiger partial charge in [0.2, 0.25) is 0 Å². The van der Waals surface area contributed by atoms with Gasteiger partial charge in [0, 0.05) is 12.2 Å². The molecule has 0 aliphatic carbocycles. The zero-order chi connectivity index (χ0) is 15.3. The van der Waals surface area contributed by atoms with Crippen LogP contribution in [0.4, 0.5) is 18.9 Å². The van der Waals surface area contributed by atoms with Gasteiger partial charge in [0.25, 0.3) is 0 Å².